The second-order valence-corrected chi connectivity index (χ2v) is 3.94. The van der Waals surface area contributed by atoms with E-state index in [1.807, 2.05) is 0 Å². The number of carboxylic acids is 1. The van der Waals surface area contributed by atoms with Crippen molar-refractivity contribution >= 4 is 22.4 Å². The number of aromatic nitrogens is 4. The molecule has 2 rings (SSSR count). The highest BCUT2D eigenvalue weighted by molar-refractivity contribution is 7.13. The van der Waals surface area contributed by atoms with Gasteiger partial charge in [-0.3, -0.25) is 4.68 Å². The predicted molar refractivity (Wildman–Crippen MR) is 57.1 cm³/mol. The van der Waals surface area contributed by atoms with Crippen molar-refractivity contribution in [1.29, 1.82) is 0 Å². The van der Waals surface area contributed by atoms with E-state index in [4.69, 9.17) is 5.11 Å². The van der Waals surface area contributed by atoms with Gasteiger partial charge in [-0.05, 0) is 0 Å². The normalized spacial score (nSPS) is 12.3. The van der Waals surface area contributed by atoms with Crippen LogP contribution >= 0.6 is 11.3 Å². The third-order valence-electron chi connectivity index (χ3n) is 1.93. The average molecular weight is 239 g/mol. The summed E-state index contributed by atoms with van der Waals surface area (Å²) in [5.74, 6) is -0.983. The van der Waals surface area contributed by atoms with Crippen LogP contribution in [0, 0.1) is 0 Å². The largest absolute Gasteiger partial charge is 0.479 e. The van der Waals surface area contributed by atoms with Crippen molar-refractivity contribution in [3.05, 3.63) is 23.5 Å². The quantitative estimate of drug-likeness (QED) is 0.807. The minimum absolute atomic E-state index is 0.469. The Labute approximate surface area is 94.7 Å². The fraction of sp³-hybridized carbons (Fsp3) is 0.250. The van der Waals surface area contributed by atoms with Gasteiger partial charge in [0.1, 0.15) is 5.51 Å². The van der Waals surface area contributed by atoms with E-state index in [2.05, 4.69) is 20.6 Å². The Hall–Kier alpha value is -1.96. The Kier molecular flexibility index (Phi) is 2.82. The number of hydrogen-bond donors (Lipinski definition) is 2. The van der Waals surface area contributed by atoms with Gasteiger partial charge in [-0.1, -0.05) is 11.3 Å². The summed E-state index contributed by atoms with van der Waals surface area (Å²) in [5.41, 5.74) is 2.11. The van der Waals surface area contributed by atoms with Gasteiger partial charge in [0.05, 0.1) is 6.20 Å². The van der Waals surface area contributed by atoms with Gasteiger partial charge in [-0.25, -0.2) is 4.79 Å². The maximum Gasteiger partial charge on any atom is 0.331 e. The van der Waals surface area contributed by atoms with Gasteiger partial charge in [0.2, 0.25) is 5.13 Å². The van der Waals surface area contributed by atoms with E-state index in [1.54, 1.807) is 17.9 Å². The summed E-state index contributed by atoms with van der Waals surface area (Å²) in [6.45, 7) is 0. The Morgan fingerprint density at radius 1 is 1.69 bits per heavy atom. The summed E-state index contributed by atoms with van der Waals surface area (Å²) in [6, 6.07) is -0.860. The van der Waals surface area contributed by atoms with Crippen LogP contribution in [0.2, 0.25) is 0 Å². The molecule has 0 spiro atoms. The molecule has 0 aliphatic heterocycles. The van der Waals surface area contributed by atoms with Gasteiger partial charge in [0.15, 0.2) is 6.04 Å². The van der Waals surface area contributed by atoms with E-state index >= 15 is 0 Å². The molecular formula is C8H9N5O2S. The molecule has 2 N–H and O–H groups in total. The number of aryl methyl sites for hydroxylation is 1. The number of aliphatic carboxylic acids is 1. The average Bonchev–Trinajstić information content (AvgIpc) is 2.84. The number of carboxylic acid groups (broad SMARTS) is 1. The van der Waals surface area contributed by atoms with Gasteiger partial charge in [0, 0.05) is 18.8 Å². The van der Waals surface area contributed by atoms with E-state index in [0.29, 0.717) is 10.7 Å². The van der Waals surface area contributed by atoms with Crippen LogP contribution in [0.15, 0.2) is 17.9 Å². The first-order valence-corrected chi connectivity index (χ1v) is 5.29. The van der Waals surface area contributed by atoms with E-state index in [-0.39, 0.29) is 0 Å². The summed E-state index contributed by atoms with van der Waals surface area (Å²) in [7, 11) is 1.73. The summed E-state index contributed by atoms with van der Waals surface area (Å²) in [4.78, 5) is 11.1. The topological polar surface area (TPSA) is 92.9 Å². The number of nitrogens with zero attached hydrogens (tertiary/aromatic N) is 4. The first-order valence-electron chi connectivity index (χ1n) is 4.41. The molecule has 84 valence electrons. The van der Waals surface area contributed by atoms with Gasteiger partial charge < -0.3 is 10.4 Å². The third kappa shape index (κ3) is 2.16. The molecule has 0 fully saturated rings. The molecule has 0 amide bonds. The zero-order chi connectivity index (χ0) is 11.5. The number of anilines is 1. The van der Waals surface area contributed by atoms with Crippen molar-refractivity contribution in [3.8, 4) is 0 Å². The number of hydrogen-bond acceptors (Lipinski definition) is 6. The summed E-state index contributed by atoms with van der Waals surface area (Å²) < 4.78 is 1.55. The molecule has 0 saturated heterocycles. The Balaban J connectivity index is 2.21. The number of rotatable bonds is 4. The lowest BCUT2D eigenvalue weighted by molar-refractivity contribution is -0.138. The van der Waals surface area contributed by atoms with Crippen LogP contribution in [0.5, 0.6) is 0 Å². The lowest BCUT2D eigenvalue weighted by Crippen LogP contribution is -2.20. The highest BCUT2D eigenvalue weighted by Gasteiger charge is 2.22. The molecule has 7 nitrogen and oxygen atoms in total. The Bertz CT molecular complexity index is 480. The first-order chi connectivity index (χ1) is 7.66. The lowest BCUT2D eigenvalue weighted by atomic mass is 10.2. The third-order valence-corrected chi connectivity index (χ3v) is 2.56. The number of nitrogens with one attached hydrogen (secondary N) is 1. The minimum atomic E-state index is -0.983. The molecule has 8 heteroatoms. The van der Waals surface area contributed by atoms with Crippen LogP contribution in [0.25, 0.3) is 0 Å². The van der Waals surface area contributed by atoms with Gasteiger partial charge >= 0.3 is 5.97 Å². The molecule has 2 heterocycles. The fourth-order valence-corrected chi connectivity index (χ4v) is 1.71. The molecule has 0 aliphatic rings. The van der Waals surface area contributed by atoms with Crippen molar-refractivity contribution in [2.24, 2.45) is 7.05 Å². The monoisotopic (exact) mass is 239 g/mol. The van der Waals surface area contributed by atoms with Crippen molar-refractivity contribution in [2.45, 2.75) is 6.04 Å². The second-order valence-electron chi connectivity index (χ2n) is 3.11. The van der Waals surface area contributed by atoms with Crippen molar-refractivity contribution in [2.75, 3.05) is 5.32 Å². The lowest BCUT2D eigenvalue weighted by Gasteiger charge is -2.10. The van der Waals surface area contributed by atoms with E-state index in [9.17, 15) is 4.79 Å². The summed E-state index contributed by atoms with van der Waals surface area (Å²) in [6.07, 6.45) is 3.15. The molecule has 2 aromatic heterocycles. The fourth-order valence-electron chi connectivity index (χ4n) is 1.24. The highest BCUT2D eigenvalue weighted by atomic mass is 32.1. The van der Waals surface area contributed by atoms with Gasteiger partial charge in [0.25, 0.3) is 0 Å². The first kappa shape index (κ1) is 10.6. The molecule has 16 heavy (non-hydrogen) atoms. The van der Waals surface area contributed by atoms with Crippen LogP contribution in [0.1, 0.15) is 11.6 Å². The van der Waals surface area contributed by atoms with Crippen molar-refractivity contribution in [1.82, 2.24) is 20.0 Å². The molecule has 0 saturated carbocycles. The standard InChI is InChI=1S/C8H9N5O2S/c1-13-3-5(2-10-13)6(7(14)15)11-8-12-9-4-16-8/h2-4,6H,1H3,(H,11,12)(H,14,15). The smallest absolute Gasteiger partial charge is 0.331 e. The second kappa shape index (κ2) is 4.27. The molecular weight excluding hydrogens is 230 g/mol. The minimum Gasteiger partial charge on any atom is -0.479 e. The van der Waals surface area contributed by atoms with E-state index < -0.39 is 12.0 Å². The van der Waals surface area contributed by atoms with Crippen LogP contribution < -0.4 is 5.32 Å². The van der Waals surface area contributed by atoms with Crippen LogP contribution in [-0.4, -0.2) is 31.1 Å². The molecule has 0 radical (unpaired) electrons. The van der Waals surface area contributed by atoms with Crippen LogP contribution in [-0.2, 0) is 11.8 Å². The maximum absolute atomic E-state index is 11.1. The molecule has 2 aromatic rings. The zero-order valence-electron chi connectivity index (χ0n) is 8.36. The van der Waals surface area contributed by atoms with Gasteiger partial charge in [-0.2, -0.15) is 5.10 Å². The maximum atomic E-state index is 11.1. The Morgan fingerprint density at radius 3 is 3.00 bits per heavy atom. The van der Waals surface area contributed by atoms with Crippen molar-refractivity contribution in [3.63, 3.8) is 0 Å². The summed E-state index contributed by atoms with van der Waals surface area (Å²) in [5, 5.41) is 23.6. The predicted octanol–water partition coefficient (Wildman–Crippen LogP) is 0.509. The SMILES string of the molecule is Cn1cc(C(Nc2nncs2)C(=O)O)cn1. The molecule has 0 aliphatic carbocycles. The van der Waals surface area contributed by atoms with Crippen LogP contribution in [0.3, 0.4) is 0 Å². The molecule has 1 atom stereocenters. The Morgan fingerprint density at radius 2 is 2.50 bits per heavy atom. The molecule has 1 unspecified atom stereocenters. The number of carbonyl (C=O) groups is 1. The van der Waals surface area contributed by atoms with Crippen molar-refractivity contribution < 1.29 is 9.90 Å². The molecule has 0 bridgehead atoms. The highest BCUT2D eigenvalue weighted by Crippen LogP contribution is 2.20. The van der Waals surface area contributed by atoms with Gasteiger partial charge in [-0.15, -0.1) is 10.2 Å². The van der Waals surface area contributed by atoms with E-state index in [1.165, 1.54) is 23.0 Å². The molecule has 0 aromatic carbocycles. The van der Waals surface area contributed by atoms with E-state index in [0.717, 1.165) is 0 Å². The zero-order valence-corrected chi connectivity index (χ0v) is 9.18. The summed E-state index contributed by atoms with van der Waals surface area (Å²) >= 11 is 1.25. The van der Waals surface area contributed by atoms with Crippen LogP contribution in [0.4, 0.5) is 5.13 Å².